The van der Waals surface area contributed by atoms with Crippen molar-refractivity contribution in [3.8, 4) is 5.75 Å². The molecule has 0 aliphatic heterocycles. The van der Waals surface area contributed by atoms with E-state index in [1.54, 1.807) is 7.11 Å². The van der Waals surface area contributed by atoms with E-state index < -0.39 is 0 Å². The number of ether oxygens (including phenoxy) is 1. The van der Waals surface area contributed by atoms with Gasteiger partial charge in [0.15, 0.2) is 0 Å². The second-order valence-electron chi connectivity index (χ2n) is 4.60. The summed E-state index contributed by atoms with van der Waals surface area (Å²) in [5.41, 5.74) is 9.40. The van der Waals surface area contributed by atoms with Gasteiger partial charge in [0, 0.05) is 24.5 Å². The minimum atomic E-state index is 0.0110. The van der Waals surface area contributed by atoms with Crippen LogP contribution >= 0.6 is 0 Å². The van der Waals surface area contributed by atoms with Crippen molar-refractivity contribution in [3.05, 3.63) is 54.1 Å². The van der Waals surface area contributed by atoms with E-state index in [0.717, 1.165) is 22.7 Å². The van der Waals surface area contributed by atoms with Crippen molar-refractivity contribution in [2.45, 2.75) is 13.0 Å². The zero-order valence-corrected chi connectivity index (χ0v) is 11.6. The van der Waals surface area contributed by atoms with Crippen LogP contribution in [0.2, 0.25) is 0 Å². The summed E-state index contributed by atoms with van der Waals surface area (Å²) in [6.45, 7) is 2.00. The quantitative estimate of drug-likeness (QED) is 0.910. The van der Waals surface area contributed by atoms with Gasteiger partial charge >= 0.3 is 0 Å². The lowest BCUT2D eigenvalue weighted by atomic mass is 10.1. The monoisotopic (exact) mass is 256 g/mol. The molecule has 0 saturated heterocycles. The molecule has 0 spiro atoms. The average Bonchev–Trinajstić information content (AvgIpc) is 2.46. The Balaban J connectivity index is 2.35. The van der Waals surface area contributed by atoms with Gasteiger partial charge in [-0.15, -0.1) is 0 Å². The van der Waals surface area contributed by atoms with Gasteiger partial charge in [-0.05, 0) is 42.8 Å². The van der Waals surface area contributed by atoms with Crippen LogP contribution in [0.3, 0.4) is 0 Å². The Labute approximate surface area is 114 Å². The van der Waals surface area contributed by atoms with Gasteiger partial charge in [0.05, 0.1) is 7.11 Å². The molecule has 0 fully saturated rings. The number of anilines is 2. The first-order valence-electron chi connectivity index (χ1n) is 6.35. The third-order valence-electron chi connectivity index (χ3n) is 3.25. The number of nitrogens with two attached hydrogens (primary N) is 1. The van der Waals surface area contributed by atoms with E-state index >= 15 is 0 Å². The molecule has 0 aromatic heterocycles. The smallest absolute Gasteiger partial charge is 0.119 e. The molecule has 0 radical (unpaired) electrons. The van der Waals surface area contributed by atoms with Gasteiger partial charge in [0.25, 0.3) is 0 Å². The Morgan fingerprint density at radius 2 is 1.68 bits per heavy atom. The van der Waals surface area contributed by atoms with Crippen LogP contribution in [0.5, 0.6) is 5.75 Å². The van der Waals surface area contributed by atoms with Gasteiger partial charge in [-0.2, -0.15) is 0 Å². The molecule has 19 heavy (non-hydrogen) atoms. The Kier molecular flexibility index (Phi) is 4.07. The number of para-hydroxylation sites is 1. The second kappa shape index (κ2) is 5.76. The van der Waals surface area contributed by atoms with Crippen LogP contribution in [0.1, 0.15) is 18.5 Å². The number of methoxy groups -OCH3 is 1. The van der Waals surface area contributed by atoms with Gasteiger partial charge in [-0.25, -0.2) is 0 Å². The molecule has 100 valence electrons. The van der Waals surface area contributed by atoms with Gasteiger partial charge in [0.2, 0.25) is 0 Å². The standard InChI is InChI=1S/C16H20N2O/c1-12(17)15-6-4-5-7-16(15)18(2)13-8-10-14(19-3)11-9-13/h4-12H,17H2,1-3H3/t12-/m0/s1. The summed E-state index contributed by atoms with van der Waals surface area (Å²) in [6.07, 6.45) is 0. The van der Waals surface area contributed by atoms with Crippen molar-refractivity contribution in [2.24, 2.45) is 5.73 Å². The number of hydrogen-bond acceptors (Lipinski definition) is 3. The van der Waals surface area contributed by atoms with Crippen molar-refractivity contribution in [3.63, 3.8) is 0 Å². The summed E-state index contributed by atoms with van der Waals surface area (Å²) in [4.78, 5) is 2.14. The molecule has 2 aromatic rings. The highest BCUT2D eigenvalue weighted by Crippen LogP contribution is 2.30. The van der Waals surface area contributed by atoms with Gasteiger partial charge in [0.1, 0.15) is 5.75 Å². The first kappa shape index (κ1) is 13.4. The van der Waals surface area contributed by atoms with Gasteiger partial charge < -0.3 is 15.4 Å². The SMILES string of the molecule is COc1ccc(N(C)c2ccccc2[C@H](C)N)cc1. The minimum absolute atomic E-state index is 0.0110. The summed E-state index contributed by atoms with van der Waals surface area (Å²) < 4.78 is 5.18. The fraction of sp³-hybridized carbons (Fsp3) is 0.250. The lowest BCUT2D eigenvalue weighted by molar-refractivity contribution is 0.415. The van der Waals surface area contributed by atoms with E-state index in [-0.39, 0.29) is 6.04 Å². The number of rotatable bonds is 4. The Morgan fingerprint density at radius 1 is 1.05 bits per heavy atom. The van der Waals surface area contributed by atoms with Crippen LogP contribution in [0, 0.1) is 0 Å². The fourth-order valence-corrected chi connectivity index (χ4v) is 2.12. The lowest BCUT2D eigenvalue weighted by Crippen LogP contribution is -2.15. The molecule has 2 N–H and O–H groups in total. The highest BCUT2D eigenvalue weighted by molar-refractivity contribution is 5.66. The zero-order chi connectivity index (χ0) is 13.8. The zero-order valence-electron chi connectivity index (χ0n) is 11.6. The fourth-order valence-electron chi connectivity index (χ4n) is 2.12. The first-order chi connectivity index (χ1) is 9.13. The van der Waals surface area contributed by atoms with Crippen molar-refractivity contribution in [1.82, 2.24) is 0 Å². The summed E-state index contributed by atoms with van der Waals surface area (Å²) in [7, 11) is 3.72. The van der Waals surface area contributed by atoms with Gasteiger partial charge in [-0.1, -0.05) is 18.2 Å². The maximum absolute atomic E-state index is 6.03. The number of hydrogen-bond donors (Lipinski definition) is 1. The van der Waals surface area contributed by atoms with E-state index in [1.165, 1.54) is 0 Å². The first-order valence-corrected chi connectivity index (χ1v) is 6.35. The molecule has 0 aliphatic carbocycles. The van der Waals surface area contributed by atoms with E-state index in [9.17, 15) is 0 Å². The summed E-state index contributed by atoms with van der Waals surface area (Å²) >= 11 is 0. The molecule has 0 aliphatic rings. The van der Waals surface area contributed by atoms with Crippen molar-refractivity contribution >= 4 is 11.4 Å². The van der Waals surface area contributed by atoms with Crippen LogP contribution in [0.4, 0.5) is 11.4 Å². The maximum atomic E-state index is 6.03. The molecule has 3 heteroatoms. The largest absolute Gasteiger partial charge is 0.497 e. The molecular formula is C16H20N2O. The van der Waals surface area contributed by atoms with Gasteiger partial charge in [-0.3, -0.25) is 0 Å². The van der Waals surface area contributed by atoms with E-state index in [0.29, 0.717) is 0 Å². The van der Waals surface area contributed by atoms with Crippen LogP contribution < -0.4 is 15.4 Å². The molecule has 0 unspecified atom stereocenters. The average molecular weight is 256 g/mol. The van der Waals surface area contributed by atoms with Crippen molar-refractivity contribution in [1.29, 1.82) is 0 Å². The van der Waals surface area contributed by atoms with E-state index in [4.69, 9.17) is 10.5 Å². The number of benzene rings is 2. The maximum Gasteiger partial charge on any atom is 0.119 e. The van der Waals surface area contributed by atoms with Crippen LogP contribution in [-0.2, 0) is 0 Å². The van der Waals surface area contributed by atoms with Crippen molar-refractivity contribution in [2.75, 3.05) is 19.1 Å². The molecule has 2 rings (SSSR count). The Bertz CT molecular complexity index is 535. The third-order valence-corrected chi connectivity index (χ3v) is 3.25. The Hall–Kier alpha value is -2.00. The summed E-state index contributed by atoms with van der Waals surface area (Å²) in [5.74, 6) is 0.859. The number of nitrogens with zero attached hydrogens (tertiary/aromatic N) is 1. The third kappa shape index (κ3) is 2.88. The van der Waals surface area contributed by atoms with Crippen LogP contribution in [-0.4, -0.2) is 14.2 Å². The predicted octanol–water partition coefficient (Wildman–Crippen LogP) is 3.48. The lowest BCUT2D eigenvalue weighted by Gasteiger charge is -2.24. The predicted molar refractivity (Wildman–Crippen MR) is 80.1 cm³/mol. The molecule has 1 atom stereocenters. The van der Waals surface area contributed by atoms with E-state index in [1.807, 2.05) is 50.4 Å². The molecule has 3 nitrogen and oxygen atoms in total. The second-order valence-corrected chi connectivity index (χ2v) is 4.60. The molecule has 0 heterocycles. The highest BCUT2D eigenvalue weighted by atomic mass is 16.5. The Morgan fingerprint density at radius 3 is 2.26 bits per heavy atom. The normalized spacial score (nSPS) is 12.0. The van der Waals surface area contributed by atoms with Crippen LogP contribution in [0.15, 0.2) is 48.5 Å². The van der Waals surface area contributed by atoms with Crippen LogP contribution in [0.25, 0.3) is 0 Å². The summed E-state index contributed by atoms with van der Waals surface area (Å²) in [5, 5.41) is 0. The molecule has 0 saturated carbocycles. The molecule has 2 aromatic carbocycles. The highest BCUT2D eigenvalue weighted by Gasteiger charge is 2.11. The topological polar surface area (TPSA) is 38.5 Å². The molecular weight excluding hydrogens is 236 g/mol. The minimum Gasteiger partial charge on any atom is -0.497 e. The molecule has 0 bridgehead atoms. The van der Waals surface area contributed by atoms with E-state index in [2.05, 4.69) is 17.0 Å². The molecule has 0 amide bonds. The summed E-state index contributed by atoms with van der Waals surface area (Å²) in [6, 6.07) is 16.2. The van der Waals surface area contributed by atoms with Crippen molar-refractivity contribution < 1.29 is 4.74 Å².